The summed E-state index contributed by atoms with van der Waals surface area (Å²) < 4.78 is 10.0. The molecule has 4 rings (SSSR count). The molecule has 1 N–H and O–H groups in total. The lowest BCUT2D eigenvalue weighted by atomic mass is 10.0. The van der Waals surface area contributed by atoms with Gasteiger partial charge >= 0.3 is 11.9 Å². The van der Waals surface area contributed by atoms with Crippen molar-refractivity contribution in [3.8, 4) is 0 Å². The molecule has 3 aromatic carbocycles. The first kappa shape index (κ1) is 19.4. The fourth-order valence-electron chi connectivity index (χ4n) is 3.42. The van der Waals surface area contributed by atoms with Gasteiger partial charge in [0.25, 0.3) is 0 Å². The first-order chi connectivity index (χ1) is 14.6. The Morgan fingerprint density at radius 3 is 2.60 bits per heavy atom. The van der Waals surface area contributed by atoms with Crippen molar-refractivity contribution >= 4 is 45.0 Å². The normalized spacial score (nSPS) is 10.7. The van der Waals surface area contributed by atoms with Crippen molar-refractivity contribution in [1.82, 2.24) is 4.98 Å². The van der Waals surface area contributed by atoms with E-state index in [0.717, 1.165) is 21.7 Å². The molecule has 0 saturated carbocycles. The maximum absolute atomic E-state index is 12.6. The largest absolute Gasteiger partial charge is 0.465 e. The molecular weight excluding hydrogens is 380 g/mol. The van der Waals surface area contributed by atoms with Crippen LogP contribution in [0.25, 0.3) is 21.7 Å². The molecule has 1 aromatic heterocycles. The predicted molar refractivity (Wildman–Crippen MR) is 116 cm³/mol. The van der Waals surface area contributed by atoms with Crippen LogP contribution in [0.4, 0.5) is 11.4 Å². The molecule has 0 fully saturated rings. The summed E-state index contributed by atoms with van der Waals surface area (Å²) in [5.74, 6) is -0.901. The summed E-state index contributed by atoms with van der Waals surface area (Å²) in [6, 6.07) is 18.8. The highest BCUT2D eigenvalue weighted by Crippen LogP contribution is 2.33. The Kier molecular flexibility index (Phi) is 5.30. The van der Waals surface area contributed by atoms with E-state index in [2.05, 4.69) is 10.3 Å². The van der Waals surface area contributed by atoms with Gasteiger partial charge in [0.15, 0.2) is 0 Å². The van der Waals surface area contributed by atoms with Crippen molar-refractivity contribution in [2.45, 2.75) is 6.92 Å². The van der Waals surface area contributed by atoms with Gasteiger partial charge in [-0.2, -0.15) is 0 Å². The number of fused-ring (bicyclic) bond motifs is 3. The molecule has 30 heavy (non-hydrogen) atoms. The number of esters is 2. The summed E-state index contributed by atoms with van der Waals surface area (Å²) in [6.45, 7) is 2.01. The van der Waals surface area contributed by atoms with Crippen LogP contribution in [0.3, 0.4) is 0 Å². The van der Waals surface area contributed by atoms with Crippen molar-refractivity contribution in [2.24, 2.45) is 0 Å². The van der Waals surface area contributed by atoms with E-state index in [1.807, 2.05) is 42.5 Å². The minimum absolute atomic E-state index is 0.256. The Bertz CT molecular complexity index is 1270. The molecule has 6 nitrogen and oxygen atoms in total. The molecule has 0 atom stereocenters. The highest BCUT2D eigenvalue weighted by molar-refractivity contribution is 6.13. The average Bonchev–Trinajstić information content (AvgIpc) is 2.78. The highest BCUT2D eigenvalue weighted by atomic mass is 16.5. The zero-order valence-electron chi connectivity index (χ0n) is 16.6. The molecule has 0 aliphatic heterocycles. The number of hydrogen-bond acceptors (Lipinski definition) is 6. The van der Waals surface area contributed by atoms with Crippen molar-refractivity contribution < 1.29 is 19.1 Å². The van der Waals surface area contributed by atoms with Gasteiger partial charge in [-0.3, -0.25) is 4.98 Å². The second-order valence-corrected chi connectivity index (χ2v) is 6.65. The first-order valence-corrected chi connectivity index (χ1v) is 9.55. The summed E-state index contributed by atoms with van der Waals surface area (Å²) in [5.41, 5.74) is 2.72. The van der Waals surface area contributed by atoms with Crippen LogP contribution in [0.5, 0.6) is 0 Å². The summed E-state index contributed by atoms with van der Waals surface area (Å²) >= 11 is 0. The lowest BCUT2D eigenvalue weighted by Gasteiger charge is -2.15. The van der Waals surface area contributed by atoms with Gasteiger partial charge in [-0.05, 0) is 30.5 Å². The standard InChI is InChI=1S/C24H20N2O4/c1-3-30-24(28)20-14-25-21-18-10-5-4-7-15(18)11-12-19(21)22(20)26-17-9-6-8-16(13-17)23(27)29-2/h4-14H,3H2,1-2H3,(H,25,26). The van der Waals surface area contributed by atoms with E-state index in [9.17, 15) is 9.59 Å². The van der Waals surface area contributed by atoms with Gasteiger partial charge in [0, 0.05) is 22.7 Å². The number of nitrogens with one attached hydrogen (secondary N) is 1. The fraction of sp³-hybridized carbons (Fsp3) is 0.125. The maximum Gasteiger partial charge on any atom is 0.341 e. The van der Waals surface area contributed by atoms with Crippen LogP contribution < -0.4 is 5.32 Å². The van der Waals surface area contributed by atoms with Crippen LogP contribution in [0, 0.1) is 0 Å². The summed E-state index contributed by atoms with van der Waals surface area (Å²) in [4.78, 5) is 29.1. The van der Waals surface area contributed by atoms with Crippen LogP contribution in [0.2, 0.25) is 0 Å². The number of hydrogen-bond donors (Lipinski definition) is 1. The van der Waals surface area contributed by atoms with Crippen LogP contribution in [-0.2, 0) is 9.47 Å². The molecule has 1 heterocycles. The molecule has 4 aromatic rings. The SMILES string of the molecule is CCOC(=O)c1cnc2c(ccc3ccccc32)c1Nc1cccc(C(=O)OC)c1. The molecule has 0 amide bonds. The topological polar surface area (TPSA) is 77.5 Å². The Balaban J connectivity index is 1.91. The number of benzene rings is 3. The minimum atomic E-state index is -0.466. The maximum atomic E-state index is 12.6. The van der Waals surface area contributed by atoms with Crippen molar-refractivity contribution in [3.05, 3.63) is 78.0 Å². The number of anilines is 2. The zero-order chi connectivity index (χ0) is 21.1. The quantitative estimate of drug-likeness (QED) is 0.371. The Morgan fingerprint density at radius 2 is 1.80 bits per heavy atom. The second kappa shape index (κ2) is 8.21. The third-order valence-electron chi connectivity index (χ3n) is 4.81. The number of carbonyl (C=O) groups is 2. The molecular formula is C24H20N2O4. The molecule has 0 bridgehead atoms. The third kappa shape index (κ3) is 3.55. The number of rotatable bonds is 5. The van der Waals surface area contributed by atoms with Gasteiger partial charge < -0.3 is 14.8 Å². The number of carbonyl (C=O) groups excluding carboxylic acids is 2. The lowest BCUT2D eigenvalue weighted by Crippen LogP contribution is -2.10. The predicted octanol–water partition coefficient (Wildman–Crippen LogP) is 5.09. The zero-order valence-corrected chi connectivity index (χ0v) is 16.6. The highest BCUT2D eigenvalue weighted by Gasteiger charge is 2.18. The van der Waals surface area contributed by atoms with Crippen molar-refractivity contribution in [1.29, 1.82) is 0 Å². The Hall–Kier alpha value is -3.93. The van der Waals surface area contributed by atoms with Crippen LogP contribution in [0.15, 0.2) is 66.9 Å². The molecule has 0 aliphatic rings. The molecule has 0 spiro atoms. The lowest BCUT2D eigenvalue weighted by molar-refractivity contribution is 0.0526. The van der Waals surface area contributed by atoms with Crippen molar-refractivity contribution in [3.63, 3.8) is 0 Å². The van der Waals surface area contributed by atoms with E-state index >= 15 is 0 Å². The Morgan fingerprint density at radius 1 is 0.967 bits per heavy atom. The fourth-order valence-corrected chi connectivity index (χ4v) is 3.42. The number of methoxy groups -OCH3 is 1. The summed E-state index contributed by atoms with van der Waals surface area (Å²) in [6.07, 6.45) is 1.53. The van der Waals surface area contributed by atoms with Gasteiger partial charge in [0.1, 0.15) is 5.56 Å². The van der Waals surface area contributed by atoms with E-state index in [0.29, 0.717) is 22.5 Å². The van der Waals surface area contributed by atoms with Crippen molar-refractivity contribution in [2.75, 3.05) is 19.0 Å². The van der Waals surface area contributed by atoms with Gasteiger partial charge in [-0.15, -0.1) is 0 Å². The van der Waals surface area contributed by atoms with Crippen LogP contribution in [-0.4, -0.2) is 30.6 Å². The molecule has 0 radical (unpaired) electrons. The number of nitrogens with zero attached hydrogens (tertiary/aromatic N) is 1. The van der Waals surface area contributed by atoms with E-state index in [1.165, 1.54) is 13.3 Å². The number of ether oxygens (including phenoxy) is 2. The Labute approximate surface area is 173 Å². The van der Waals surface area contributed by atoms with E-state index in [4.69, 9.17) is 9.47 Å². The van der Waals surface area contributed by atoms with E-state index in [1.54, 1.807) is 25.1 Å². The van der Waals surface area contributed by atoms with Gasteiger partial charge in [0.05, 0.1) is 30.5 Å². The van der Waals surface area contributed by atoms with Gasteiger partial charge in [-0.25, -0.2) is 9.59 Å². The summed E-state index contributed by atoms with van der Waals surface area (Å²) in [5, 5.41) is 6.11. The van der Waals surface area contributed by atoms with Crippen LogP contribution >= 0.6 is 0 Å². The molecule has 150 valence electrons. The summed E-state index contributed by atoms with van der Waals surface area (Å²) in [7, 11) is 1.34. The van der Waals surface area contributed by atoms with E-state index < -0.39 is 11.9 Å². The molecule has 0 unspecified atom stereocenters. The van der Waals surface area contributed by atoms with E-state index in [-0.39, 0.29) is 6.61 Å². The number of pyridine rings is 1. The average molecular weight is 400 g/mol. The minimum Gasteiger partial charge on any atom is -0.465 e. The molecule has 6 heteroatoms. The number of aromatic nitrogens is 1. The second-order valence-electron chi connectivity index (χ2n) is 6.65. The van der Waals surface area contributed by atoms with Gasteiger partial charge in [-0.1, -0.05) is 42.5 Å². The smallest absolute Gasteiger partial charge is 0.341 e. The van der Waals surface area contributed by atoms with Gasteiger partial charge in [0.2, 0.25) is 0 Å². The monoisotopic (exact) mass is 400 g/mol. The third-order valence-corrected chi connectivity index (χ3v) is 4.81. The first-order valence-electron chi connectivity index (χ1n) is 9.55. The molecule has 0 saturated heterocycles. The van der Waals surface area contributed by atoms with Crippen LogP contribution in [0.1, 0.15) is 27.6 Å². The molecule has 0 aliphatic carbocycles.